The number of carbonyl (C=O) groups excluding carboxylic acids is 2. The second-order valence-corrected chi connectivity index (χ2v) is 12.2. The molecule has 0 atom stereocenters. The Labute approximate surface area is 265 Å². The van der Waals surface area contributed by atoms with Crippen LogP contribution in [0.5, 0.6) is 23.0 Å². The van der Waals surface area contributed by atoms with Gasteiger partial charge < -0.3 is 29.6 Å². The van der Waals surface area contributed by atoms with E-state index in [2.05, 4.69) is 38.3 Å². The summed E-state index contributed by atoms with van der Waals surface area (Å²) in [5, 5.41) is 6.01. The lowest BCUT2D eigenvalue weighted by Crippen LogP contribution is -2.22. The lowest BCUT2D eigenvalue weighted by atomic mass is 10.1. The van der Waals surface area contributed by atoms with E-state index in [1.165, 1.54) is 0 Å². The summed E-state index contributed by atoms with van der Waals surface area (Å²) in [6.07, 6.45) is 8.89. The summed E-state index contributed by atoms with van der Waals surface area (Å²) in [5.41, 5.74) is 1.96. The summed E-state index contributed by atoms with van der Waals surface area (Å²) >= 11 is 0. The van der Waals surface area contributed by atoms with Crippen molar-refractivity contribution in [1.82, 2.24) is 10.6 Å². The molecule has 0 fully saturated rings. The van der Waals surface area contributed by atoms with Crippen molar-refractivity contribution in [1.29, 1.82) is 0 Å². The first-order chi connectivity index (χ1) is 21.2. The van der Waals surface area contributed by atoms with Gasteiger partial charge in [-0.15, -0.1) is 0 Å². The van der Waals surface area contributed by atoms with Crippen LogP contribution in [0.2, 0.25) is 0 Å². The monoisotopic (exact) mass is 612 g/mol. The van der Waals surface area contributed by atoms with Crippen LogP contribution >= 0.6 is 0 Å². The molecule has 0 aromatic heterocycles. The Hall–Kier alpha value is -3.42. The summed E-state index contributed by atoms with van der Waals surface area (Å²) in [6, 6.07) is 11.6. The molecule has 0 saturated heterocycles. The number of nitrogens with one attached hydrogen (secondary N) is 2. The van der Waals surface area contributed by atoms with Gasteiger partial charge >= 0.3 is 0 Å². The van der Waals surface area contributed by atoms with Crippen LogP contribution in [0.4, 0.5) is 0 Å². The van der Waals surface area contributed by atoms with E-state index in [4.69, 9.17) is 18.9 Å². The molecular weight excluding hydrogens is 556 g/mol. The van der Waals surface area contributed by atoms with E-state index < -0.39 is 0 Å². The third kappa shape index (κ3) is 15.3. The van der Waals surface area contributed by atoms with Gasteiger partial charge in [-0.2, -0.15) is 0 Å². The van der Waals surface area contributed by atoms with E-state index in [-0.39, 0.29) is 11.8 Å². The number of ether oxygens (including phenoxy) is 4. The van der Waals surface area contributed by atoms with E-state index in [0.717, 1.165) is 74.0 Å². The minimum absolute atomic E-state index is 0.0591. The molecule has 0 unspecified atom stereocenters. The quantitative estimate of drug-likeness (QED) is 0.126. The summed E-state index contributed by atoms with van der Waals surface area (Å²) in [7, 11) is 3.26. The molecule has 0 radical (unpaired) electrons. The number of benzene rings is 2. The molecule has 0 aliphatic rings. The van der Waals surface area contributed by atoms with Crippen molar-refractivity contribution in [3.63, 3.8) is 0 Å². The first-order valence-corrected chi connectivity index (χ1v) is 16.3. The van der Waals surface area contributed by atoms with Crippen LogP contribution in [0.1, 0.15) is 103 Å². The van der Waals surface area contributed by atoms with Gasteiger partial charge in [0.15, 0.2) is 23.0 Å². The molecule has 0 aliphatic heterocycles. The number of amides is 2. The Morgan fingerprint density at radius 1 is 0.591 bits per heavy atom. The largest absolute Gasteiger partial charge is 0.493 e. The Kier molecular flexibility index (Phi) is 17.8. The second kappa shape index (κ2) is 21.3. The molecule has 8 heteroatoms. The maximum Gasteiger partial charge on any atom is 0.220 e. The molecule has 0 spiro atoms. The zero-order valence-corrected chi connectivity index (χ0v) is 28.0. The van der Waals surface area contributed by atoms with Crippen LogP contribution in [-0.2, 0) is 22.7 Å². The van der Waals surface area contributed by atoms with Gasteiger partial charge in [-0.25, -0.2) is 0 Å². The van der Waals surface area contributed by atoms with Crippen LogP contribution in [-0.4, -0.2) is 39.2 Å². The first-order valence-electron chi connectivity index (χ1n) is 16.3. The molecule has 0 bridgehead atoms. The molecule has 0 heterocycles. The summed E-state index contributed by atoms with van der Waals surface area (Å²) in [4.78, 5) is 24.6. The zero-order chi connectivity index (χ0) is 32.2. The van der Waals surface area contributed by atoms with Crippen molar-refractivity contribution in [3.05, 3.63) is 47.5 Å². The van der Waals surface area contributed by atoms with Crippen LogP contribution in [0, 0.1) is 11.8 Å². The fraction of sp³-hybridized carbons (Fsp3) is 0.611. The van der Waals surface area contributed by atoms with E-state index in [1.54, 1.807) is 14.2 Å². The van der Waals surface area contributed by atoms with Gasteiger partial charge in [0, 0.05) is 25.9 Å². The molecule has 2 aromatic carbocycles. The van der Waals surface area contributed by atoms with E-state index in [9.17, 15) is 9.59 Å². The first kappa shape index (κ1) is 36.8. The van der Waals surface area contributed by atoms with Gasteiger partial charge in [-0.3, -0.25) is 9.59 Å². The molecule has 44 heavy (non-hydrogen) atoms. The van der Waals surface area contributed by atoms with Crippen molar-refractivity contribution in [3.8, 4) is 23.0 Å². The zero-order valence-electron chi connectivity index (χ0n) is 28.0. The molecule has 2 N–H and O–H groups in total. The maximum atomic E-state index is 12.3. The molecule has 0 aliphatic carbocycles. The Morgan fingerprint density at radius 2 is 0.977 bits per heavy atom. The summed E-state index contributed by atoms with van der Waals surface area (Å²) < 4.78 is 22.6. The Bertz CT molecular complexity index is 1030. The van der Waals surface area contributed by atoms with Crippen LogP contribution in [0.15, 0.2) is 36.4 Å². The highest BCUT2D eigenvalue weighted by atomic mass is 16.5. The van der Waals surface area contributed by atoms with Crippen molar-refractivity contribution >= 4 is 11.8 Å². The topological polar surface area (TPSA) is 95.1 Å². The maximum absolute atomic E-state index is 12.3. The van der Waals surface area contributed by atoms with Gasteiger partial charge in [0.25, 0.3) is 0 Å². The highest BCUT2D eigenvalue weighted by molar-refractivity contribution is 5.76. The van der Waals surface area contributed by atoms with E-state index in [0.29, 0.717) is 62.5 Å². The van der Waals surface area contributed by atoms with Gasteiger partial charge in [-0.05, 0) is 72.9 Å². The fourth-order valence-corrected chi connectivity index (χ4v) is 4.55. The lowest BCUT2D eigenvalue weighted by molar-refractivity contribution is -0.122. The minimum Gasteiger partial charge on any atom is -0.493 e. The number of carbonyl (C=O) groups is 2. The van der Waals surface area contributed by atoms with Crippen molar-refractivity contribution in [2.75, 3.05) is 27.4 Å². The predicted molar refractivity (Wildman–Crippen MR) is 177 cm³/mol. The van der Waals surface area contributed by atoms with Gasteiger partial charge in [-0.1, -0.05) is 65.5 Å². The van der Waals surface area contributed by atoms with Crippen molar-refractivity contribution < 1.29 is 28.5 Å². The molecule has 2 amide bonds. The lowest BCUT2D eigenvalue weighted by Gasteiger charge is -2.13. The molecule has 2 rings (SSSR count). The molecule has 2 aromatic rings. The number of methoxy groups -OCH3 is 2. The number of hydrogen-bond donors (Lipinski definition) is 2. The minimum atomic E-state index is 0.0591. The SMILES string of the molecule is COc1cc(CNC(=O)CCCCCCCCC(=O)NCc2ccc(OCCC(C)C)c(OC)c2)ccc1OCCC(C)C. The number of hydrogen-bond acceptors (Lipinski definition) is 6. The van der Waals surface area contributed by atoms with E-state index in [1.807, 2.05) is 36.4 Å². The molecular formula is C36H56N2O6. The van der Waals surface area contributed by atoms with Crippen LogP contribution in [0.3, 0.4) is 0 Å². The average Bonchev–Trinajstić information content (AvgIpc) is 3.00. The number of rotatable bonds is 23. The second-order valence-electron chi connectivity index (χ2n) is 12.2. The van der Waals surface area contributed by atoms with Gasteiger partial charge in [0.1, 0.15) is 0 Å². The Morgan fingerprint density at radius 3 is 1.34 bits per heavy atom. The average molecular weight is 613 g/mol. The van der Waals surface area contributed by atoms with Crippen LogP contribution in [0.25, 0.3) is 0 Å². The fourth-order valence-electron chi connectivity index (χ4n) is 4.55. The highest BCUT2D eigenvalue weighted by Gasteiger charge is 2.10. The predicted octanol–water partition coefficient (Wildman–Crippen LogP) is 7.61. The summed E-state index contributed by atoms with van der Waals surface area (Å²) in [6.45, 7) is 10.9. The van der Waals surface area contributed by atoms with Crippen molar-refractivity contribution in [2.45, 2.75) is 105 Å². The smallest absolute Gasteiger partial charge is 0.220 e. The highest BCUT2D eigenvalue weighted by Crippen LogP contribution is 2.29. The Balaban J connectivity index is 1.53. The summed E-state index contributed by atoms with van der Waals surface area (Å²) in [5.74, 6) is 4.12. The third-order valence-electron chi connectivity index (χ3n) is 7.40. The molecule has 246 valence electrons. The van der Waals surface area contributed by atoms with Gasteiger partial charge in [0.05, 0.1) is 27.4 Å². The van der Waals surface area contributed by atoms with Crippen LogP contribution < -0.4 is 29.6 Å². The van der Waals surface area contributed by atoms with E-state index >= 15 is 0 Å². The van der Waals surface area contributed by atoms with Gasteiger partial charge in [0.2, 0.25) is 11.8 Å². The van der Waals surface area contributed by atoms with Crippen molar-refractivity contribution in [2.24, 2.45) is 11.8 Å². The molecule has 8 nitrogen and oxygen atoms in total. The standard InChI is InChI=1S/C36H56N2O6/c1-27(2)19-21-43-31-17-15-29(23-33(31)41-5)25-37-35(39)13-11-9-7-8-10-12-14-36(40)38-26-30-16-18-32(34(24-30)42-6)44-22-20-28(3)4/h15-18,23-24,27-28H,7-14,19-22,25-26H2,1-6H3,(H,37,39)(H,38,40). The number of unbranched alkanes of at least 4 members (excludes halogenated alkanes) is 5. The normalized spacial score (nSPS) is 11.0. The molecule has 0 saturated carbocycles. The third-order valence-corrected chi connectivity index (χ3v) is 7.40.